The Labute approximate surface area is 380 Å². The summed E-state index contributed by atoms with van der Waals surface area (Å²) in [5.74, 6) is -1.21. The van der Waals surface area contributed by atoms with Gasteiger partial charge in [-0.3, -0.25) is 9.59 Å². The van der Waals surface area contributed by atoms with Gasteiger partial charge in [0.05, 0.1) is 12.3 Å². The van der Waals surface area contributed by atoms with Crippen molar-refractivity contribution in [1.29, 1.82) is 0 Å². The van der Waals surface area contributed by atoms with Crippen molar-refractivity contribution in [3.8, 4) is 0 Å². The summed E-state index contributed by atoms with van der Waals surface area (Å²) in [6, 6.07) is 0. The number of ether oxygens (including phenoxy) is 6. The minimum Gasteiger partial charge on any atom is -0.465 e. The van der Waals surface area contributed by atoms with Gasteiger partial charge in [-0.2, -0.15) is 0 Å². The van der Waals surface area contributed by atoms with E-state index >= 15 is 0 Å². The Balaban J connectivity index is 2.59. The van der Waals surface area contributed by atoms with Crippen molar-refractivity contribution in [2.45, 2.75) is 221 Å². The van der Waals surface area contributed by atoms with E-state index in [0.717, 1.165) is 103 Å². The molecule has 1 saturated heterocycles. The van der Waals surface area contributed by atoms with Crippen LogP contribution in [0.1, 0.15) is 214 Å². The number of nitrogens with zero attached hydrogens (tertiary/aromatic N) is 1. The molecule has 0 aromatic heterocycles. The molecule has 0 radical (unpaired) electrons. The molecule has 0 aliphatic carbocycles. The summed E-state index contributed by atoms with van der Waals surface area (Å²) in [6.07, 6.45) is 37.1. The molecule has 0 spiro atoms. The molecule has 62 heavy (non-hydrogen) atoms. The number of likely N-dealkylation sites (tertiary alicyclic amines) is 1. The maximum atomic E-state index is 13.0. The summed E-state index contributed by atoms with van der Waals surface area (Å²) in [4.78, 5) is 40.9. The molecule has 0 amide bonds. The Morgan fingerprint density at radius 2 is 1.08 bits per heavy atom. The molecule has 1 heterocycles. The first kappa shape index (κ1) is 57.6. The van der Waals surface area contributed by atoms with Gasteiger partial charge in [0.1, 0.15) is 26.4 Å². The van der Waals surface area contributed by atoms with Crippen LogP contribution in [0, 0.1) is 11.3 Å². The van der Waals surface area contributed by atoms with E-state index in [0.29, 0.717) is 26.1 Å². The highest BCUT2D eigenvalue weighted by Crippen LogP contribution is 2.30. The first-order valence-electron chi connectivity index (χ1n) is 25.6. The topological polar surface area (TPSA) is 110 Å². The molecule has 0 bridgehead atoms. The van der Waals surface area contributed by atoms with Crippen molar-refractivity contribution in [2.75, 3.05) is 59.3 Å². The monoisotopic (exact) mass is 878 g/mol. The highest BCUT2D eigenvalue weighted by Gasteiger charge is 2.32. The summed E-state index contributed by atoms with van der Waals surface area (Å²) >= 11 is 0. The van der Waals surface area contributed by atoms with E-state index in [-0.39, 0.29) is 44.2 Å². The summed E-state index contributed by atoms with van der Waals surface area (Å²) in [6.45, 7) is 15.2. The molecule has 10 nitrogen and oxygen atoms in total. The predicted molar refractivity (Wildman–Crippen MR) is 253 cm³/mol. The average Bonchev–Trinajstić information content (AvgIpc) is 3.27. The molecule has 1 fully saturated rings. The lowest BCUT2D eigenvalue weighted by Crippen LogP contribution is -2.44. The van der Waals surface area contributed by atoms with Gasteiger partial charge < -0.3 is 33.3 Å². The van der Waals surface area contributed by atoms with Gasteiger partial charge in [0.25, 0.3) is 0 Å². The van der Waals surface area contributed by atoms with Crippen LogP contribution in [0.5, 0.6) is 0 Å². The number of allylic oxidation sites excluding steroid dienone is 4. The smallest absolute Gasteiger partial charge is 0.465 e. The van der Waals surface area contributed by atoms with Gasteiger partial charge >= 0.3 is 18.1 Å². The standard InChI is InChI=1S/C52H95NO9/c1-6-10-13-16-19-20-21-22-23-24-25-26-27-28-31-35-48(54)59-42-47(44-61-51(56)62-46-52(5)38-34-39-53(9-4)45-52)43-60-49(55)36-37-50(57-40-32-29-17-14-11-7-2)58-41-33-30-18-15-12-8-3/h19-20,22-23,47,50H,6-18,21,24-46H2,1-5H3/b20-19-,23-22-. The van der Waals surface area contributed by atoms with Crippen LogP contribution in [0.2, 0.25) is 0 Å². The minimum absolute atomic E-state index is 0.0197. The first-order valence-corrected chi connectivity index (χ1v) is 25.6. The van der Waals surface area contributed by atoms with Crippen LogP contribution in [0.4, 0.5) is 4.79 Å². The lowest BCUT2D eigenvalue weighted by atomic mass is 9.83. The Morgan fingerprint density at radius 3 is 1.68 bits per heavy atom. The molecule has 1 rings (SSSR count). The van der Waals surface area contributed by atoms with Crippen LogP contribution in [-0.4, -0.2) is 88.6 Å². The van der Waals surface area contributed by atoms with Crippen LogP contribution in [-0.2, 0) is 38.0 Å². The number of piperidine rings is 1. The highest BCUT2D eigenvalue weighted by molar-refractivity contribution is 5.69. The van der Waals surface area contributed by atoms with Crippen LogP contribution in [0.25, 0.3) is 0 Å². The summed E-state index contributed by atoms with van der Waals surface area (Å²) in [5, 5.41) is 0. The zero-order valence-corrected chi connectivity index (χ0v) is 40.7. The van der Waals surface area contributed by atoms with E-state index < -0.39 is 24.3 Å². The fraction of sp³-hybridized carbons (Fsp3) is 0.865. The van der Waals surface area contributed by atoms with Crippen molar-refractivity contribution >= 4 is 18.1 Å². The van der Waals surface area contributed by atoms with Crippen LogP contribution in [0.3, 0.4) is 0 Å². The maximum Gasteiger partial charge on any atom is 0.508 e. The fourth-order valence-corrected chi connectivity index (χ4v) is 7.71. The second kappa shape index (κ2) is 41.3. The zero-order chi connectivity index (χ0) is 45.2. The number of hydrogen-bond donors (Lipinski definition) is 0. The molecule has 0 aromatic rings. The molecule has 0 N–H and O–H groups in total. The second-order valence-electron chi connectivity index (χ2n) is 18.1. The largest absolute Gasteiger partial charge is 0.508 e. The van der Waals surface area contributed by atoms with Crippen molar-refractivity contribution in [1.82, 2.24) is 4.90 Å². The van der Waals surface area contributed by atoms with E-state index in [1.54, 1.807) is 0 Å². The third kappa shape index (κ3) is 35.0. The van der Waals surface area contributed by atoms with Crippen molar-refractivity contribution in [3.63, 3.8) is 0 Å². The van der Waals surface area contributed by atoms with Crippen molar-refractivity contribution in [3.05, 3.63) is 24.3 Å². The molecular formula is C52H95NO9. The van der Waals surface area contributed by atoms with E-state index in [4.69, 9.17) is 28.4 Å². The number of esters is 2. The van der Waals surface area contributed by atoms with E-state index in [2.05, 4.69) is 63.8 Å². The Hall–Kier alpha value is -2.43. The molecule has 2 atom stereocenters. The predicted octanol–water partition coefficient (Wildman–Crippen LogP) is 13.6. The number of unbranched alkanes of at least 4 members (excludes halogenated alkanes) is 18. The number of rotatable bonds is 42. The molecule has 0 aromatic carbocycles. The van der Waals surface area contributed by atoms with Crippen molar-refractivity contribution in [2.24, 2.45) is 11.3 Å². The zero-order valence-electron chi connectivity index (χ0n) is 40.7. The normalized spacial score (nSPS) is 16.4. The first-order chi connectivity index (χ1) is 30.2. The molecule has 362 valence electrons. The van der Waals surface area contributed by atoms with Crippen LogP contribution in [0.15, 0.2) is 24.3 Å². The molecule has 0 saturated carbocycles. The molecule has 1 aliphatic rings. The Bertz CT molecular complexity index is 1110. The summed E-state index contributed by atoms with van der Waals surface area (Å²) in [5.41, 5.74) is -0.131. The molecule has 10 heteroatoms. The summed E-state index contributed by atoms with van der Waals surface area (Å²) in [7, 11) is 0. The van der Waals surface area contributed by atoms with E-state index in [1.807, 2.05) is 0 Å². The highest BCUT2D eigenvalue weighted by atomic mass is 16.7. The van der Waals surface area contributed by atoms with E-state index in [1.165, 1.54) is 77.0 Å². The fourth-order valence-electron chi connectivity index (χ4n) is 7.71. The lowest BCUT2D eigenvalue weighted by molar-refractivity contribution is -0.161. The summed E-state index contributed by atoms with van der Waals surface area (Å²) < 4.78 is 34.6. The number of carbonyl (C=O) groups excluding carboxylic acids is 3. The minimum atomic E-state index is -0.763. The molecule has 1 aliphatic heterocycles. The van der Waals surface area contributed by atoms with Gasteiger partial charge in [-0.15, -0.1) is 0 Å². The van der Waals surface area contributed by atoms with Crippen LogP contribution >= 0.6 is 0 Å². The lowest BCUT2D eigenvalue weighted by Gasteiger charge is -2.39. The average molecular weight is 878 g/mol. The molecular weight excluding hydrogens is 783 g/mol. The van der Waals surface area contributed by atoms with Crippen LogP contribution < -0.4 is 0 Å². The third-order valence-electron chi connectivity index (χ3n) is 11.8. The Kier molecular flexibility index (Phi) is 38.3. The quantitative estimate of drug-likeness (QED) is 0.0193. The van der Waals surface area contributed by atoms with Gasteiger partial charge in [-0.05, 0) is 77.3 Å². The SMILES string of the molecule is CCCCC/C=C\C/C=C\CCCCCCCC(=O)OCC(COC(=O)CCC(OCCCCCCCC)OCCCCCCCC)COC(=O)OCC1(C)CCCN(CC)C1. The maximum absolute atomic E-state index is 13.0. The number of carbonyl (C=O) groups is 3. The second-order valence-corrected chi connectivity index (χ2v) is 18.1. The van der Waals surface area contributed by atoms with Crippen molar-refractivity contribution < 1.29 is 42.8 Å². The number of hydrogen-bond acceptors (Lipinski definition) is 10. The molecule has 2 unspecified atom stereocenters. The van der Waals surface area contributed by atoms with Gasteiger partial charge in [0.15, 0.2) is 6.29 Å². The van der Waals surface area contributed by atoms with Gasteiger partial charge in [0, 0.05) is 38.0 Å². The van der Waals surface area contributed by atoms with Gasteiger partial charge in [-0.1, -0.05) is 155 Å². The van der Waals surface area contributed by atoms with Gasteiger partial charge in [0.2, 0.25) is 0 Å². The van der Waals surface area contributed by atoms with E-state index in [9.17, 15) is 14.4 Å². The third-order valence-corrected chi connectivity index (χ3v) is 11.8. The van der Waals surface area contributed by atoms with Gasteiger partial charge in [-0.25, -0.2) is 4.79 Å². The Morgan fingerprint density at radius 1 is 0.581 bits per heavy atom.